The van der Waals surface area contributed by atoms with Crippen molar-refractivity contribution in [1.82, 2.24) is 14.9 Å². The Labute approximate surface area is 62.9 Å². The number of fused-ring (bicyclic) bond motifs is 1. The van der Waals surface area contributed by atoms with Gasteiger partial charge in [0.05, 0.1) is 11.9 Å². The van der Waals surface area contributed by atoms with Crippen LogP contribution in [0.2, 0.25) is 0 Å². The molecule has 0 aromatic carbocycles. The van der Waals surface area contributed by atoms with Gasteiger partial charge < -0.3 is 11.6 Å². The molecule has 0 unspecified atom stereocenters. The highest BCUT2D eigenvalue weighted by atomic mass is 15.3. The van der Waals surface area contributed by atoms with Crippen LogP contribution in [0.1, 0.15) is 0 Å². The first kappa shape index (κ1) is 5.96. The zero-order valence-corrected chi connectivity index (χ0v) is 5.73. The van der Waals surface area contributed by atoms with Crippen molar-refractivity contribution in [2.45, 2.75) is 0 Å². The van der Waals surface area contributed by atoms with Gasteiger partial charge in [-0.25, -0.2) is 0 Å². The van der Waals surface area contributed by atoms with Gasteiger partial charge in [-0.2, -0.15) is 5.10 Å². The van der Waals surface area contributed by atoms with Crippen LogP contribution in [0.15, 0.2) is 18.5 Å². The Morgan fingerprint density at radius 1 is 1.45 bits per heavy atom. The third kappa shape index (κ3) is 0.778. The second kappa shape index (κ2) is 1.85. The summed E-state index contributed by atoms with van der Waals surface area (Å²) < 4.78 is 1.41. The second-order valence-electron chi connectivity index (χ2n) is 2.30. The first-order valence-electron chi connectivity index (χ1n) is 3.12. The first-order valence-corrected chi connectivity index (χ1v) is 3.12. The van der Waals surface area contributed by atoms with Crippen molar-refractivity contribution in [1.29, 1.82) is 0 Å². The molecule has 0 radical (unpaired) electrons. The fraction of sp³-hybridized carbons (Fsp3) is 0. The summed E-state index contributed by atoms with van der Waals surface area (Å²) in [7, 11) is 0. The van der Waals surface area contributed by atoms with E-state index < -0.39 is 0 Å². The highest BCUT2D eigenvalue weighted by molar-refractivity contribution is 5.60. The zero-order valence-electron chi connectivity index (χ0n) is 5.73. The van der Waals surface area contributed by atoms with Crippen molar-refractivity contribution in [3.8, 4) is 11.4 Å². The average molecular weight is 149 g/mol. The lowest BCUT2D eigenvalue weighted by atomic mass is 10.3. The Bertz CT molecular complexity index is 352. The number of pyridine rings is 1. The maximum absolute atomic E-state index is 5.56. The molecule has 5 nitrogen and oxygen atoms in total. The van der Waals surface area contributed by atoms with Crippen LogP contribution >= 0.6 is 0 Å². The molecule has 0 spiro atoms. The molecule has 2 rings (SSSR count). The minimum Gasteiger partial charge on any atom is -0.397 e. The molecule has 5 heteroatoms. The minimum absolute atomic E-state index is 0.584. The largest absolute Gasteiger partial charge is 0.397 e. The maximum Gasteiger partial charge on any atom is 0.115 e. The minimum atomic E-state index is 0.584. The normalized spacial score (nSPS) is 10.5. The quantitative estimate of drug-likeness (QED) is 0.503. The van der Waals surface area contributed by atoms with E-state index in [1.54, 1.807) is 18.5 Å². The van der Waals surface area contributed by atoms with Crippen molar-refractivity contribution < 1.29 is 0 Å². The van der Waals surface area contributed by atoms with Crippen molar-refractivity contribution in [2.24, 2.45) is 0 Å². The molecule has 0 fully saturated rings. The smallest absolute Gasteiger partial charge is 0.115 e. The molecule has 0 amide bonds. The molecular weight excluding hydrogens is 142 g/mol. The van der Waals surface area contributed by atoms with Crippen LogP contribution in [0.4, 0.5) is 5.69 Å². The van der Waals surface area contributed by atoms with E-state index in [-0.39, 0.29) is 0 Å². The lowest BCUT2D eigenvalue weighted by Gasteiger charge is -2.04. The maximum atomic E-state index is 5.56. The van der Waals surface area contributed by atoms with Gasteiger partial charge in [0.15, 0.2) is 0 Å². The van der Waals surface area contributed by atoms with Crippen molar-refractivity contribution in [3.63, 3.8) is 0 Å². The molecule has 0 saturated heterocycles. The average Bonchev–Trinajstić information content (AvgIpc) is 2.34. The van der Waals surface area contributed by atoms with E-state index in [1.807, 2.05) is 0 Å². The van der Waals surface area contributed by atoms with Crippen LogP contribution in [0.3, 0.4) is 0 Å². The molecular formula is C6H7N5. The number of nitrogens with two attached hydrogens (primary N) is 2. The van der Waals surface area contributed by atoms with Gasteiger partial charge in [-0.15, -0.1) is 5.10 Å². The van der Waals surface area contributed by atoms with Gasteiger partial charge in [0.1, 0.15) is 11.4 Å². The molecule has 0 aromatic heterocycles. The van der Waals surface area contributed by atoms with Crippen LogP contribution < -0.4 is 11.6 Å². The summed E-state index contributed by atoms with van der Waals surface area (Å²) in [5.74, 6) is 5.56. The highest BCUT2D eigenvalue weighted by Crippen LogP contribution is 2.18. The first-order chi connectivity index (χ1) is 5.27. The number of nitrogens with zero attached hydrogens (tertiary/aromatic N) is 3. The monoisotopic (exact) mass is 149 g/mol. The number of rotatable bonds is 0. The Morgan fingerprint density at radius 2 is 2.27 bits per heavy atom. The van der Waals surface area contributed by atoms with Crippen LogP contribution in [0.5, 0.6) is 0 Å². The zero-order chi connectivity index (χ0) is 7.84. The number of anilines is 1. The van der Waals surface area contributed by atoms with Gasteiger partial charge in [0.25, 0.3) is 0 Å². The molecule has 0 saturated carbocycles. The molecule has 0 bridgehead atoms. The van der Waals surface area contributed by atoms with E-state index >= 15 is 0 Å². The molecule has 0 atom stereocenters. The van der Waals surface area contributed by atoms with E-state index in [9.17, 15) is 0 Å². The van der Waals surface area contributed by atoms with Crippen LogP contribution in [0.25, 0.3) is 11.4 Å². The van der Waals surface area contributed by atoms with Crippen LogP contribution in [-0.4, -0.2) is 14.9 Å². The van der Waals surface area contributed by atoms with Gasteiger partial charge in [0, 0.05) is 6.20 Å². The van der Waals surface area contributed by atoms with Gasteiger partial charge >= 0.3 is 0 Å². The predicted molar refractivity (Wildman–Crippen MR) is 41.2 cm³/mol. The molecule has 2 heterocycles. The van der Waals surface area contributed by atoms with E-state index in [4.69, 9.17) is 11.6 Å². The van der Waals surface area contributed by atoms with Crippen molar-refractivity contribution >= 4 is 5.69 Å². The summed E-state index contributed by atoms with van der Waals surface area (Å²) in [4.78, 5) is 0. The highest BCUT2D eigenvalue weighted by Gasteiger charge is 2.07. The fourth-order valence-corrected chi connectivity index (χ4v) is 0.990. The molecule has 0 aliphatic carbocycles. The Kier molecular flexibility index (Phi) is 1.00. The SMILES string of the molecule is Nc1cc2nncc-2n(N)c1. The lowest BCUT2D eigenvalue weighted by Crippen LogP contribution is -2.12. The topological polar surface area (TPSA) is 82.8 Å². The molecule has 11 heavy (non-hydrogen) atoms. The fourth-order valence-electron chi connectivity index (χ4n) is 0.990. The van der Waals surface area contributed by atoms with Crippen LogP contribution in [0, 0.1) is 0 Å². The lowest BCUT2D eigenvalue weighted by molar-refractivity contribution is 1.00. The summed E-state index contributed by atoms with van der Waals surface area (Å²) in [5, 5.41) is 7.51. The number of nitrogen functional groups attached to an aromatic ring is 2. The molecule has 56 valence electrons. The molecule has 2 aliphatic rings. The van der Waals surface area contributed by atoms with E-state index in [0.29, 0.717) is 11.4 Å². The summed E-state index contributed by atoms with van der Waals surface area (Å²) >= 11 is 0. The second-order valence-corrected chi connectivity index (χ2v) is 2.30. The van der Waals surface area contributed by atoms with Crippen molar-refractivity contribution in [3.05, 3.63) is 18.5 Å². The van der Waals surface area contributed by atoms with Crippen LogP contribution in [-0.2, 0) is 0 Å². The third-order valence-electron chi connectivity index (χ3n) is 1.48. The summed E-state index contributed by atoms with van der Waals surface area (Å²) in [5.41, 5.74) is 7.59. The third-order valence-corrected chi connectivity index (χ3v) is 1.48. The van der Waals surface area contributed by atoms with Gasteiger partial charge in [-0.05, 0) is 6.07 Å². The van der Waals surface area contributed by atoms with Crippen molar-refractivity contribution in [2.75, 3.05) is 11.6 Å². The molecule has 4 N–H and O–H groups in total. The molecule has 0 aromatic rings. The summed E-state index contributed by atoms with van der Waals surface area (Å²) in [6.45, 7) is 0. The van der Waals surface area contributed by atoms with E-state index in [2.05, 4.69) is 10.2 Å². The summed E-state index contributed by atoms with van der Waals surface area (Å²) in [6.07, 6.45) is 3.21. The Morgan fingerprint density at radius 3 is 3.09 bits per heavy atom. The number of aromatic nitrogens is 3. The molecule has 2 aliphatic heterocycles. The van der Waals surface area contributed by atoms with E-state index in [0.717, 1.165) is 5.69 Å². The number of hydrogen-bond donors (Lipinski definition) is 2. The predicted octanol–water partition coefficient (Wildman–Crippen LogP) is -0.321. The van der Waals surface area contributed by atoms with Gasteiger partial charge in [-0.3, -0.25) is 4.68 Å². The standard InChI is InChI=1S/C6H7N5/c7-4-1-5-6(2-9-10-5)11(8)3-4/h1-3H,7-8H2. The number of hydrogen-bond acceptors (Lipinski definition) is 4. The van der Waals surface area contributed by atoms with E-state index in [1.165, 1.54) is 4.68 Å². The Balaban J connectivity index is 2.79. The van der Waals surface area contributed by atoms with Gasteiger partial charge in [-0.1, -0.05) is 0 Å². The summed E-state index contributed by atoms with van der Waals surface area (Å²) in [6, 6.07) is 1.73. The van der Waals surface area contributed by atoms with Gasteiger partial charge in [0.2, 0.25) is 0 Å². The Hall–Kier alpha value is -1.78.